The highest BCUT2D eigenvalue weighted by Crippen LogP contribution is 2.23. The van der Waals surface area contributed by atoms with Crippen molar-refractivity contribution in [3.8, 4) is 11.1 Å². The minimum absolute atomic E-state index is 0.0808. The van der Waals surface area contributed by atoms with Gasteiger partial charge in [0, 0.05) is 11.8 Å². The summed E-state index contributed by atoms with van der Waals surface area (Å²) in [4.78, 5) is 14.9. The molecule has 0 radical (unpaired) electrons. The summed E-state index contributed by atoms with van der Waals surface area (Å²) in [5.41, 5.74) is 4.84. The summed E-state index contributed by atoms with van der Waals surface area (Å²) >= 11 is 0. The molecule has 0 fully saturated rings. The molecule has 1 aromatic heterocycles. The number of nitrogens with zero attached hydrogens (tertiary/aromatic N) is 1. The van der Waals surface area contributed by atoms with Crippen molar-refractivity contribution in [1.29, 1.82) is 0 Å². The number of aromatic carboxylic acids is 1. The predicted octanol–water partition coefficient (Wildman–Crippen LogP) is 4.35. The molecule has 1 N–H and O–H groups in total. The Labute approximate surface area is 125 Å². The molecular weight excluding hydrogens is 262 g/mol. The Morgan fingerprint density at radius 3 is 2.05 bits per heavy atom. The van der Waals surface area contributed by atoms with Crippen LogP contribution in [-0.4, -0.2) is 16.1 Å². The second-order valence-electron chi connectivity index (χ2n) is 5.28. The van der Waals surface area contributed by atoms with E-state index in [1.54, 1.807) is 12.3 Å². The van der Waals surface area contributed by atoms with Crippen molar-refractivity contribution in [3.05, 3.63) is 53.3 Å². The summed E-state index contributed by atoms with van der Waals surface area (Å²) in [6.45, 7) is 4.35. The van der Waals surface area contributed by atoms with Crippen LogP contribution in [0.25, 0.3) is 11.1 Å². The number of carboxylic acids is 1. The van der Waals surface area contributed by atoms with Gasteiger partial charge in [0.1, 0.15) is 5.69 Å². The van der Waals surface area contributed by atoms with Crippen molar-refractivity contribution in [3.63, 3.8) is 0 Å². The summed E-state index contributed by atoms with van der Waals surface area (Å²) < 4.78 is 0. The van der Waals surface area contributed by atoms with Crippen LogP contribution in [0.2, 0.25) is 0 Å². The van der Waals surface area contributed by atoms with Crippen molar-refractivity contribution < 1.29 is 9.90 Å². The van der Waals surface area contributed by atoms with Gasteiger partial charge in [-0.1, -0.05) is 51.0 Å². The number of carbonyl (C=O) groups is 1. The average Bonchev–Trinajstić information content (AvgIpc) is 2.48. The van der Waals surface area contributed by atoms with E-state index in [9.17, 15) is 4.79 Å². The summed E-state index contributed by atoms with van der Waals surface area (Å²) in [7, 11) is 0. The Morgan fingerprint density at radius 1 is 1.00 bits per heavy atom. The third-order valence-corrected chi connectivity index (χ3v) is 3.45. The van der Waals surface area contributed by atoms with E-state index in [4.69, 9.17) is 5.11 Å². The number of aryl methyl sites for hydroxylation is 2. The lowest BCUT2D eigenvalue weighted by atomic mass is 9.97. The molecule has 0 aliphatic carbocycles. The quantitative estimate of drug-likeness (QED) is 0.857. The third kappa shape index (κ3) is 3.91. The van der Waals surface area contributed by atoms with Crippen LogP contribution >= 0.6 is 0 Å². The van der Waals surface area contributed by atoms with Crippen molar-refractivity contribution in [2.75, 3.05) is 0 Å². The molecular formula is C18H21NO2. The van der Waals surface area contributed by atoms with Gasteiger partial charge in [-0.05, 0) is 35.6 Å². The molecule has 21 heavy (non-hydrogen) atoms. The van der Waals surface area contributed by atoms with Gasteiger partial charge in [-0.25, -0.2) is 9.78 Å². The summed E-state index contributed by atoms with van der Waals surface area (Å²) in [6.07, 6.45) is 6.00. The minimum Gasteiger partial charge on any atom is -0.477 e. The fraction of sp³-hybridized carbons (Fsp3) is 0.333. The molecule has 3 heteroatoms. The van der Waals surface area contributed by atoms with Gasteiger partial charge in [0.05, 0.1) is 0 Å². The lowest BCUT2D eigenvalue weighted by Crippen LogP contribution is -1.99. The molecule has 110 valence electrons. The monoisotopic (exact) mass is 283 g/mol. The van der Waals surface area contributed by atoms with Crippen molar-refractivity contribution in [1.82, 2.24) is 4.98 Å². The maximum absolute atomic E-state index is 10.9. The number of carboxylic acid groups (broad SMARTS) is 1. The van der Waals surface area contributed by atoms with Gasteiger partial charge in [-0.3, -0.25) is 0 Å². The van der Waals surface area contributed by atoms with Gasteiger partial charge in [0.2, 0.25) is 0 Å². The molecule has 1 heterocycles. The van der Waals surface area contributed by atoms with Gasteiger partial charge < -0.3 is 5.11 Å². The molecule has 2 rings (SSSR count). The lowest BCUT2D eigenvalue weighted by Gasteiger charge is -2.09. The van der Waals surface area contributed by atoms with Gasteiger partial charge in [0.25, 0.3) is 0 Å². The van der Waals surface area contributed by atoms with E-state index >= 15 is 0 Å². The zero-order valence-corrected chi connectivity index (χ0v) is 12.6. The van der Waals surface area contributed by atoms with Gasteiger partial charge in [0.15, 0.2) is 0 Å². The summed E-state index contributed by atoms with van der Waals surface area (Å²) in [5, 5.41) is 8.91. The average molecular weight is 283 g/mol. The highest BCUT2D eigenvalue weighted by atomic mass is 16.4. The molecule has 0 amide bonds. The third-order valence-electron chi connectivity index (χ3n) is 3.45. The van der Waals surface area contributed by atoms with Crippen LogP contribution < -0.4 is 0 Å². The molecule has 0 atom stereocenters. The first-order valence-electron chi connectivity index (χ1n) is 7.46. The first-order chi connectivity index (χ1) is 10.1. The SMILES string of the molecule is CCCc1cc(CCC)cc(-c2ccc(C(=O)O)nc2)c1. The van der Waals surface area contributed by atoms with Crippen LogP contribution in [0.1, 0.15) is 48.3 Å². The normalized spacial score (nSPS) is 10.6. The molecule has 2 aromatic rings. The Bertz CT molecular complexity index is 593. The van der Waals surface area contributed by atoms with Crippen LogP contribution in [0.3, 0.4) is 0 Å². The van der Waals surface area contributed by atoms with E-state index in [2.05, 4.69) is 37.0 Å². The van der Waals surface area contributed by atoms with E-state index in [1.807, 2.05) is 6.07 Å². The highest BCUT2D eigenvalue weighted by Gasteiger charge is 2.07. The molecule has 0 aliphatic rings. The van der Waals surface area contributed by atoms with E-state index in [0.29, 0.717) is 0 Å². The molecule has 0 unspecified atom stereocenters. The predicted molar refractivity (Wildman–Crippen MR) is 84.6 cm³/mol. The van der Waals surface area contributed by atoms with Crippen LogP contribution in [-0.2, 0) is 12.8 Å². The second-order valence-corrected chi connectivity index (χ2v) is 5.28. The molecule has 0 aliphatic heterocycles. The largest absolute Gasteiger partial charge is 0.477 e. The standard InChI is InChI=1S/C18H21NO2/c1-3-5-13-9-14(6-4-2)11-16(10-13)15-7-8-17(18(20)21)19-12-15/h7-12H,3-6H2,1-2H3,(H,20,21). The molecule has 0 spiro atoms. The Hall–Kier alpha value is -2.16. The molecule has 0 bridgehead atoms. The van der Waals surface area contributed by atoms with E-state index in [1.165, 1.54) is 11.1 Å². The minimum atomic E-state index is -0.993. The van der Waals surface area contributed by atoms with E-state index < -0.39 is 5.97 Å². The first-order valence-corrected chi connectivity index (χ1v) is 7.46. The van der Waals surface area contributed by atoms with Gasteiger partial charge in [-0.2, -0.15) is 0 Å². The fourth-order valence-corrected chi connectivity index (χ4v) is 2.49. The lowest BCUT2D eigenvalue weighted by molar-refractivity contribution is 0.0690. The van der Waals surface area contributed by atoms with Gasteiger partial charge >= 0.3 is 5.97 Å². The fourth-order valence-electron chi connectivity index (χ4n) is 2.49. The molecule has 0 saturated heterocycles. The zero-order chi connectivity index (χ0) is 15.2. The highest BCUT2D eigenvalue weighted by molar-refractivity contribution is 5.85. The van der Waals surface area contributed by atoms with E-state index in [0.717, 1.165) is 36.8 Å². The Balaban J connectivity index is 2.38. The Morgan fingerprint density at radius 2 is 1.62 bits per heavy atom. The van der Waals surface area contributed by atoms with Crippen LogP contribution in [0.5, 0.6) is 0 Å². The second kappa shape index (κ2) is 7.02. The van der Waals surface area contributed by atoms with Crippen LogP contribution in [0.15, 0.2) is 36.5 Å². The zero-order valence-electron chi connectivity index (χ0n) is 12.6. The first kappa shape index (κ1) is 15.2. The summed E-state index contributed by atoms with van der Waals surface area (Å²) in [6, 6.07) is 10.0. The van der Waals surface area contributed by atoms with Crippen molar-refractivity contribution in [2.24, 2.45) is 0 Å². The maximum Gasteiger partial charge on any atom is 0.354 e. The van der Waals surface area contributed by atoms with Crippen LogP contribution in [0.4, 0.5) is 0 Å². The molecule has 1 aromatic carbocycles. The number of rotatable bonds is 6. The smallest absolute Gasteiger partial charge is 0.354 e. The summed E-state index contributed by atoms with van der Waals surface area (Å²) in [5.74, 6) is -0.993. The molecule has 3 nitrogen and oxygen atoms in total. The number of aromatic nitrogens is 1. The van der Waals surface area contributed by atoms with E-state index in [-0.39, 0.29) is 5.69 Å². The topological polar surface area (TPSA) is 50.2 Å². The van der Waals surface area contributed by atoms with Crippen molar-refractivity contribution >= 4 is 5.97 Å². The van der Waals surface area contributed by atoms with Crippen molar-refractivity contribution in [2.45, 2.75) is 39.5 Å². The van der Waals surface area contributed by atoms with Gasteiger partial charge in [-0.15, -0.1) is 0 Å². The molecule has 0 saturated carbocycles. The number of pyridine rings is 1. The number of benzene rings is 1. The maximum atomic E-state index is 10.9. The van der Waals surface area contributed by atoms with Crippen LogP contribution in [0, 0.1) is 0 Å². The number of hydrogen-bond donors (Lipinski definition) is 1. The number of hydrogen-bond acceptors (Lipinski definition) is 2. The Kier molecular flexibility index (Phi) is 5.09.